The summed E-state index contributed by atoms with van der Waals surface area (Å²) in [5.41, 5.74) is 6.13. The molecule has 2 aromatic rings. The van der Waals surface area contributed by atoms with E-state index in [0.29, 0.717) is 5.16 Å². The molecular formula is C12H13BrN4OS. The van der Waals surface area contributed by atoms with Crippen LogP contribution < -0.4 is 5.73 Å². The Labute approximate surface area is 123 Å². The van der Waals surface area contributed by atoms with Gasteiger partial charge in [0.25, 0.3) is 0 Å². The maximum atomic E-state index is 10.8. The lowest BCUT2D eigenvalue weighted by molar-refractivity contribution is -0.115. The third-order valence-corrected chi connectivity index (χ3v) is 4.00. The van der Waals surface area contributed by atoms with Gasteiger partial charge in [-0.1, -0.05) is 39.8 Å². The van der Waals surface area contributed by atoms with Crippen LogP contribution in [0.5, 0.6) is 0 Å². The highest BCUT2D eigenvalue weighted by Gasteiger charge is 2.13. The van der Waals surface area contributed by atoms with Crippen molar-refractivity contribution in [2.75, 3.05) is 5.75 Å². The summed E-state index contributed by atoms with van der Waals surface area (Å²) in [6.07, 6.45) is 0. The van der Waals surface area contributed by atoms with Gasteiger partial charge in [0.1, 0.15) is 0 Å². The number of primary amides is 1. The highest BCUT2D eigenvalue weighted by molar-refractivity contribution is 9.10. The van der Waals surface area contributed by atoms with E-state index >= 15 is 0 Å². The van der Waals surface area contributed by atoms with Crippen LogP contribution in [0.3, 0.4) is 0 Å². The molecule has 5 nitrogen and oxygen atoms in total. The molecule has 0 aliphatic rings. The third kappa shape index (κ3) is 3.36. The molecule has 0 radical (unpaired) electrons. The first-order chi connectivity index (χ1) is 9.11. The Balaban J connectivity index is 2.31. The smallest absolute Gasteiger partial charge is 0.227 e. The Morgan fingerprint density at radius 3 is 2.63 bits per heavy atom. The summed E-state index contributed by atoms with van der Waals surface area (Å²) >= 11 is 4.71. The molecule has 7 heteroatoms. The molecule has 0 saturated heterocycles. The zero-order valence-corrected chi connectivity index (χ0v) is 12.7. The molecule has 0 unspecified atom stereocenters. The van der Waals surface area contributed by atoms with Crippen LogP contribution in [0, 0.1) is 0 Å². The second-order valence-corrected chi connectivity index (χ2v) is 5.67. The Morgan fingerprint density at radius 1 is 1.37 bits per heavy atom. The van der Waals surface area contributed by atoms with Crippen LogP contribution in [0.2, 0.25) is 0 Å². The average molecular weight is 341 g/mol. The first-order valence-corrected chi connectivity index (χ1v) is 7.50. The second-order valence-electron chi connectivity index (χ2n) is 3.81. The van der Waals surface area contributed by atoms with Crippen molar-refractivity contribution >= 4 is 33.6 Å². The lowest BCUT2D eigenvalue weighted by atomic mass is 10.2. The molecule has 100 valence electrons. The highest BCUT2D eigenvalue weighted by atomic mass is 79.9. The lowest BCUT2D eigenvalue weighted by Gasteiger charge is -2.06. The van der Waals surface area contributed by atoms with Crippen LogP contribution in [0.15, 0.2) is 33.9 Å². The van der Waals surface area contributed by atoms with Crippen LogP contribution in [0.1, 0.15) is 6.92 Å². The molecule has 0 bridgehead atoms. The van der Waals surface area contributed by atoms with Crippen LogP contribution in [0.4, 0.5) is 0 Å². The van der Waals surface area contributed by atoms with E-state index < -0.39 is 0 Å². The number of carbonyl (C=O) groups is 1. The maximum Gasteiger partial charge on any atom is 0.227 e. The lowest BCUT2D eigenvalue weighted by Crippen LogP contribution is -2.13. The SMILES string of the molecule is CCn1c(SCC(N)=O)nnc1-c1ccc(Br)cc1. The molecule has 0 fully saturated rings. The number of thioether (sulfide) groups is 1. The minimum atomic E-state index is -0.360. The Morgan fingerprint density at radius 2 is 2.05 bits per heavy atom. The van der Waals surface area contributed by atoms with Crippen molar-refractivity contribution in [2.45, 2.75) is 18.6 Å². The monoisotopic (exact) mass is 340 g/mol. The van der Waals surface area contributed by atoms with E-state index in [1.165, 1.54) is 11.8 Å². The standard InChI is InChI=1S/C12H13BrN4OS/c1-2-17-11(8-3-5-9(13)6-4-8)15-16-12(17)19-7-10(14)18/h3-6H,2,7H2,1H3,(H2,14,18). The molecule has 1 heterocycles. The van der Waals surface area contributed by atoms with Crippen molar-refractivity contribution in [3.63, 3.8) is 0 Å². The third-order valence-electron chi connectivity index (χ3n) is 2.48. The molecule has 2 N–H and O–H groups in total. The van der Waals surface area contributed by atoms with Crippen LogP contribution in [0.25, 0.3) is 11.4 Å². The summed E-state index contributed by atoms with van der Waals surface area (Å²) in [6, 6.07) is 7.87. The molecule has 1 aromatic carbocycles. The van der Waals surface area contributed by atoms with E-state index in [4.69, 9.17) is 5.73 Å². The van der Waals surface area contributed by atoms with Gasteiger partial charge in [-0.15, -0.1) is 10.2 Å². The summed E-state index contributed by atoms with van der Waals surface area (Å²) in [5.74, 6) is 0.640. The molecule has 2 rings (SSSR count). The number of amides is 1. The summed E-state index contributed by atoms with van der Waals surface area (Å²) in [6.45, 7) is 2.75. The van der Waals surface area contributed by atoms with Gasteiger partial charge in [-0.25, -0.2) is 0 Å². The maximum absolute atomic E-state index is 10.8. The molecule has 0 saturated carbocycles. The number of hydrogen-bond acceptors (Lipinski definition) is 4. The number of carbonyl (C=O) groups excluding carboxylic acids is 1. The summed E-state index contributed by atoms with van der Waals surface area (Å²) in [4.78, 5) is 10.8. The minimum Gasteiger partial charge on any atom is -0.369 e. The van der Waals surface area contributed by atoms with Crippen molar-refractivity contribution in [3.05, 3.63) is 28.7 Å². The first kappa shape index (κ1) is 14.1. The van der Waals surface area contributed by atoms with Gasteiger partial charge in [0.15, 0.2) is 11.0 Å². The van der Waals surface area contributed by atoms with Crippen molar-refractivity contribution < 1.29 is 4.79 Å². The zero-order chi connectivity index (χ0) is 13.8. The fraction of sp³-hybridized carbons (Fsp3) is 0.250. The topological polar surface area (TPSA) is 73.8 Å². The summed E-state index contributed by atoms with van der Waals surface area (Å²) < 4.78 is 2.98. The number of nitrogens with zero attached hydrogens (tertiary/aromatic N) is 3. The van der Waals surface area contributed by atoms with E-state index in [1.807, 2.05) is 35.8 Å². The quantitative estimate of drug-likeness (QED) is 0.847. The normalized spacial score (nSPS) is 10.6. The zero-order valence-electron chi connectivity index (χ0n) is 10.3. The van der Waals surface area contributed by atoms with E-state index in [1.54, 1.807) is 0 Å². The molecule has 1 aromatic heterocycles. The molecule has 0 aliphatic carbocycles. The van der Waals surface area contributed by atoms with Gasteiger partial charge in [-0.05, 0) is 19.1 Å². The van der Waals surface area contributed by atoms with Crippen LogP contribution >= 0.6 is 27.7 Å². The molecule has 19 heavy (non-hydrogen) atoms. The second kappa shape index (κ2) is 6.21. The number of nitrogens with two attached hydrogens (primary N) is 1. The predicted octanol–water partition coefficient (Wildman–Crippen LogP) is 2.30. The summed E-state index contributed by atoms with van der Waals surface area (Å²) in [5, 5.41) is 9.01. The number of rotatable bonds is 5. The van der Waals surface area contributed by atoms with Gasteiger partial charge in [0.2, 0.25) is 5.91 Å². The van der Waals surface area contributed by atoms with Gasteiger partial charge >= 0.3 is 0 Å². The van der Waals surface area contributed by atoms with Crippen molar-refractivity contribution in [3.8, 4) is 11.4 Å². The van der Waals surface area contributed by atoms with Gasteiger partial charge in [0.05, 0.1) is 5.75 Å². The molecular weight excluding hydrogens is 328 g/mol. The van der Waals surface area contributed by atoms with Gasteiger partial charge < -0.3 is 10.3 Å². The van der Waals surface area contributed by atoms with Gasteiger partial charge in [-0.2, -0.15) is 0 Å². The largest absolute Gasteiger partial charge is 0.369 e. The number of hydrogen-bond donors (Lipinski definition) is 1. The van der Waals surface area contributed by atoms with E-state index in [-0.39, 0.29) is 11.7 Å². The van der Waals surface area contributed by atoms with E-state index in [0.717, 1.165) is 22.4 Å². The van der Waals surface area contributed by atoms with Crippen molar-refractivity contribution in [1.29, 1.82) is 0 Å². The average Bonchev–Trinajstić information content (AvgIpc) is 2.80. The Bertz CT molecular complexity index is 582. The van der Waals surface area contributed by atoms with Gasteiger partial charge in [0, 0.05) is 16.6 Å². The van der Waals surface area contributed by atoms with Crippen LogP contribution in [-0.4, -0.2) is 26.4 Å². The van der Waals surface area contributed by atoms with Gasteiger partial charge in [-0.3, -0.25) is 4.79 Å². The predicted molar refractivity (Wildman–Crippen MR) is 78.8 cm³/mol. The molecule has 1 amide bonds. The Kier molecular flexibility index (Phi) is 4.60. The fourth-order valence-electron chi connectivity index (χ4n) is 1.63. The number of benzene rings is 1. The molecule has 0 spiro atoms. The Hall–Kier alpha value is -1.34. The van der Waals surface area contributed by atoms with E-state index in [9.17, 15) is 4.79 Å². The van der Waals surface area contributed by atoms with Crippen molar-refractivity contribution in [2.24, 2.45) is 5.73 Å². The molecule has 0 atom stereocenters. The van der Waals surface area contributed by atoms with Crippen LogP contribution in [-0.2, 0) is 11.3 Å². The molecule has 0 aliphatic heterocycles. The minimum absolute atomic E-state index is 0.207. The van der Waals surface area contributed by atoms with Crippen molar-refractivity contribution in [1.82, 2.24) is 14.8 Å². The highest BCUT2D eigenvalue weighted by Crippen LogP contribution is 2.24. The summed E-state index contributed by atoms with van der Waals surface area (Å²) in [7, 11) is 0. The number of aromatic nitrogens is 3. The first-order valence-electron chi connectivity index (χ1n) is 5.72. The fourth-order valence-corrected chi connectivity index (χ4v) is 2.63. The van der Waals surface area contributed by atoms with E-state index in [2.05, 4.69) is 26.1 Å². The number of halogens is 1.